The fourth-order valence-electron chi connectivity index (χ4n) is 1.84. The Hall–Kier alpha value is -2.34. The number of quaternary nitrogens is 1. The Balaban J connectivity index is 2.18. The van der Waals surface area contributed by atoms with Crippen LogP contribution in [0.3, 0.4) is 0 Å². The van der Waals surface area contributed by atoms with E-state index in [1.54, 1.807) is 30.7 Å². The number of hydrogen-bond donors (Lipinski definition) is 1. The molecule has 17 heavy (non-hydrogen) atoms. The summed E-state index contributed by atoms with van der Waals surface area (Å²) in [6.07, 6.45) is 4.95. The molecule has 5 nitrogen and oxygen atoms in total. The molecule has 0 saturated heterocycles. The van der Waals surface area contributed by atoms with Gasteiger partial charge in [0, 0.05) is 12.1 Å². The van der Waals surface area contributed by atoms with E-state index in [0.29, 0.717) is 5.84 Å². The predicted octanol–water partition coefficient (Wildman–Crippen LogP) is 1.33. The number of nitrogens with zero attached hydrogens (tertiary/aromatic N) is 4. The van der Waals surface area contributed by atoms with E-state index in [0.717, 1.165) is 5.69 Å². The zero-order chi connectivity index (χ0) is 11.9. The quantitative estimate of drug-likeness (QED) is 0.727. The van der Waals surface area contributed by atoms with Crippen LogP contribution in [-0.2, 0) is 0 Å². The summed E-state index contributed by atoms with van der Waals surface area (Å²) >= 11 is 0. The van der Waals surface area contributed by atoms with E-state index in [1.807, 2.05) is 0 Å². The van der Waals surface area contributed by atoms with Gasteiger partial charge in [0.1, 0.15) is 12.0 Å². The van der Waals surface area contributed by atoms with Gasteiger partial charge in [0.05, 0.1) is 6.20 Å². The molecule has 0 radical (unpaired) electrons. The predicted molar refractivity (Wildman–Crippen MR) is 64.9 cm³/mol. The number of nitrogens with two attached hydrogens (primary N) is 1. The molecule has 0 bridgehead atoms. The number of halogens is 1. The molecule has 0 amide bonds. The zero-order valence-corrected chi connectivity index (χ0v) is 8.79. The first kappa shape index (κ1) is 9.86. The summed E-state index contributed by atoms with van der Waals surface area (Å²) < 4.78 is 12.9. The molecule has 3 rings (SSSR count). The molecule has 0 aromatic heterocycles. The van der Waals surface area contributed by atoms with Crippen molar-refractivity contribution >= 4 is 23.7 Å². The Morgan fingerprint density at radius 3 is 2.71 bits per heavy atom. The van der Waals surface area contributed by atoms with Crippen LogP contribution < -0.4 is 10.3 Å². The van der Waals surface area contributed by atoms with Crippen molar-refractivity contribution in [3.05, 3.63) is 42.5 Å². The number of amidine groups is 1. The highest BCUT2D eigenvalue weighted by Crippen LogP contribution is 2.30. The molecule has 0 fully saturated rings. The number of rotatable bonds is 1. The van der Waals surface area contributed by atoms with E-state index in [-0.39, 0.29) is 16.4 Å². The van der Waals surface area contributed by atoms with Crippen LogP contribution in [0.25, 0.3) is 0 Å². The van der Waals surface area contributed by atoms with Gasteiger partial charge in [-0.1, -0.05) is 4.59 Å². The van der Waals surface area contributed by atoms with Crippen molar-refractivity contribution in [2.75, 3.05) is 0 Å². The average Bonchev–Trinajstić information content (AvgIpc) is 2.66. The lowest BCUT2D eigenvalue weighted by atomic mass is 10.2. The van der Waals surface area contributed by atoms with Crippen molar-refractivity contribution in [2.45, 2.75) is 0 Å². The van der Waals surface area contributed by atoms with Gasteiger partial charge in [0.2, 0.25) is 0 Å². The van der Waals surface area contributed by atoms with Gasteiger partial charge < -0.3 is 5.73 Å². The summed E-state index contributed by atoms with van der Waals surface area (Å²) in [6.45, 7) is 0. The summed E-state index contributed by atoms with van der Waals surface area (Å²) in [7, 11) is 0. The normalized spacial score (nSPS) is 25.5. The molecule has 2 heterocycles. The van der Waals surface area contributed by atoms with E-state index < -0.39 is 0 Å². The third kappa shape index (κ3) is 1.38. The van der Waals surface area contributed by atoms with Gasteiger partial charge >= 0.3 is 0 Å². The van der Waals surface area contributed by atoms with Crippen LogP contribution in [0, 0.1) is 5.82 Å². The molecule has 2 aliphatic heterocycles. The standard InChI is InChI=1S/C11H9FN5/c12-8-1-3-9(4-2-8)17-6-5-14-7-10(17)15-11(13)16-17/h1-7H,(H2,13,16)/q+1. The maximum absolute atomic E-state index is 12.9. The highest BCUT2D eigenvalue weighted by Gasteiger charge is 2.41. The van der Waals surface area contributed by atoms with Crippen LogP contribution in [0.5, 0.6) is 0 Å². The van der Waals surface area contributed by atoms with Gasteiger partial charge in [0.15, 0.2) is 11.9 Å². The molecule has 84 valence electrons. The number of fused-ring (bicyclic) bond motifs is 1. The summed E-state index contributed by atoms with van der Waals surface area (Å²) in [6, 6.07) is 6.06. The highest BCUT2D eigenvalue weighted by atomic mass is 19.1. The maximum atomic E-state index is 12.9. The Bertz CT molecular complexity index is 584. The van der Waals surface area contributed by atoms with Crippen molar-refractivity contribution in [1.29, 1.82) is 0 Å². The monoisotopic (exact) mass is 230 g/mol. The number of hydrogen-bond acceptors (Lipinski definition) is 4. The van der Waals surface area contributed by atoms with Crippen LogP contribution in [0.4, 0.5) is 10.1 Å². The summed E-state index contributed by atoms with van der Waals surface area (Å²) in [5, 5.41) is 4.27. The molecule has 1 unspecified atom stereocenters. The second-order valence-electron chi connectivity index (χ2n) is 3.67. The molecular formula is C11H9FN5+. The van der Waals surface area contributed by atoms with E-state index in [2.05, 4.69) is 15.1 Å². The van der Waals surface area contributed by atoms with Gasteiger partial charge in [-0.15, -0.1) is 0 Å². The van der Waals surface area contributed by atoms with Gasteiger partial charge in [0.25, 0.3) is 11.8 Å². The first-order valence-electron chi connectivity index (χ1n) is 5.01. The van der Waals surface area contributed by atoms with Gasteiger partial charge in [-0.2, -0.15) is 4.99 Å². The molecule has 6 heteroatoms. The summed E-state index contributed by atoms with van der Waals surface area (Å²) in [4.78, 5) is 8.09. The maximum Gasteiger partial charge on any atom is 0.286 e. The lowest BCUT2D eigenvalue weighted by Gasteiger charge is -2.23. The SMILES string of the molecule is NC1=N[N+]2(c3ccc(F)cc3)C=CN=CC2=N1. The van der Waals surface area contributed by atoms with Gasteiger partial charge in [-0.3, -0.25) is 4.99 Å². The molecule has 0 spiro atoms. The Kier molecular flexibility index (Phi) is 1.93. The highest BCUT2D eigenvalue weighted by molar-refractivity contribution is 6.37. The number of guanidine groups is 1. The molecule has 0 saturated carbocycles. The first-order valence-corrected chi connectivity index (χ1v) is 5.01. The summed E-state index contributed by atoms with van der Waals surface area (Å²) in [5.41, 5.74) is 6.38. The topological polar surface area (TPSA) is 63.1 Å². The van der Waals surface area contributed by atoms with Crippen LogP contribution in [0.2, 0.25) is 0 Å². The smallest absolute Gasteiger partial charge is 0.286 e. The van der Waals surface area contributed by atoms with Gasteiger partial charge in [-0.05, 0) is 17.2 Å². The van der Waals surface area contributed by atoms with Crippen LogP contribution >= 0.6 is 0 Å². The van der Waals surface area contributed by atoms with E-state index in [9.17, 15) is 4.39 Å². The Morgan fingerprint density at radius 2 is 1.94 bits per heavy atom. The Morgan fingerprint density at radius 1 is 1.18 bits per heavy atom. The fourth-order valence-corrected chi connectivity index (χ4v) is 1.84. The van der Waals surface area contributed by atoms with Crippen molar-refractivity contribution < 1.29 is 4.39 Å². The molecule has 1 atom stereocenters. The minimum atomic E-state index is -0.295. The first-order chi connectivity index (χ1) is 8.21. The molecule has 2 N–H and O–H groups in total. The van der Waals surface area contributed by atoms with Crippen molar-refractivity contribution in [3.8, 4) is 0 Å². The van der Waals surface area contributed by atoms with E-state index in [1.165, 1.54) is 12.1 Å². The molecule has 1 aromatic carbocycles. The second kappa shape index (κ2) is 3.33. The van der Waals surface area contributed by atoms with Crippen molar-refractivity contribution in [2.24, 2.45) is 20.8 Å². The van der Waals surface area contributed by atoms with Crippen LogP contribution in [-0.4, -0.2) is 18.0 Å². The van der Waals surface area contributed by atoms with Crippen molar-refractivity contribution in [1.82, 2.24) is 4.59 Å². The molecule has 1 aromatic rings. The van der Waals surface area contributed by atoms with Crippen LogP contribution in [0.1, 0.15) is 0 Å². The Labute approximate surface area is 96.7 Å². The number of benzene rings is 1. The van der Waals surface area contributed by atoms with Crippen molar-refractivity contribution in [3.63, 3.8) is 0 Å². The molecule has 2 aliphatic rings. The third-order valence-electron chi connectivity index (χ3n) is 2.62. The van der Waals surface area contributed by atoms with E-state index in [4.69, 9.17) is 5.73 Å². The third-order valence-corrected chi connectivity index (χ3v) is 2.62. The molecule has 0 aliphatic carbocycles. The lowest BCUT2D eigenvalue weighted by Crippen LogP contribution is -2.44. The lowest BCUT2D eigenvalue weighted by molar-refractivity contribution is 0.585. The number of aliphatic imine (C=N–C) groups is 2. The zero-order valence-electron chi connectivity index (χ0n) is 8.79. The minimum absolute atomic E-state index is 0.00954. The largest absolute Gasteiger partial charge is 0.363 e. The summed E-state index contributed by atoms with van der Waals surface area (Å²) in [5.74, 6) is 0.482. The van der Waals surface area contributed by atoms with E-state index >= 15 is 0 Å². The van der Waals surface area contributed by atoms with Gasteiger partial charge in [-0.25, -0.2) is 4.39 Å². The average molecular weight is 230 g/mol. The fraction of sp³-hybridized carbons (Fsp3) is 0. The second-order valence-corrected chi connectivity index (χ2v) is 3.67. The molecular weight excluding hydrogens is 221 g/mol. The minimum Gasteiger partial charge on any atom is -0.363 e. The van der Waals surface area contributed by atoms with Crippen LogP contribution in [0.15, 0.2) is 51.8 Å².